The Morgan fingerprint density at radius 1 is 0.938 bits per heavy atom. The van der Waals surface area contributed by atoms with Crippen LogP contribution in [0.25, 0.3) is 0 Å². The van der Waals surface area contributed by atoms with Gasteiger partial charge in [-0.2, -0.15) is 12.6 Å². The van der Waals surface area contributed by atoms with E-state index in [1.807, 2.05) is 0 Å². The number of nitrogens with two attached hydrogens (primary N) is 3. The molecule has 0 rings (SSSR count). The lowest BCUT2D eigenvalue weighted by atomic mass is 10.1. The molecule has 0 aliphatic rings. The van der Waals surface area contributed by atoms with E-state index in [1.54, 1.807) is 0 Å². The van der Waals surface area contributed by atoms with Crippen LogP contribution in [0.4, 0.5) is 0 Å². The molecule has 0 bridgehead atoms. The predicted octanol–water partition coefficient (Wildman–Crippen LogP) is -3.44. The molecule has 14 heteroatoms. The lowest BCUT2D eigenvalue weighted by molar-refractivity contribution is -0.143. The zero-order valence-corrected chi connectivity index (χ0v) is 18.8. The fourth-order valence-electron chi connectivity index (χ4n) is 2.58. The van der Waals surface area contributed by atoms with E-state index in [0.717, 1.165) is 0 Å². The lowest BCUT2D eigenvalue weighted by Crippen LogP contribution is -2.60. The second-order valence-corrected chi connectivity index (χ2v) is 7.63. The van der Waals surface area contributed by atoms with Crippen molar-refractivity contribution in [1.29, 1.82) is 0 Å². The van der Waals surface area contributed by atoms with E-state index < -0.39 is 59.9 Å². The van der Waals surface area contributed by atoms with Crippen LogP contribution in [0.5, 0.6) is 0 Å². The van der Waals surface area contributed by atoms with Gasteiger partial charge in [-0.1, -0.05) is 6.42 Å². The highest BCUT2D eigenvalue weighted by Gasteiger charge is 2.32. The Morgan fingerprint density at radius 2 is 1.53 bits per heavy atom. The molecule has 0 fully saturated rings. The maximum absolute atomic E-state index is 12.5. The van der Waals surface area contributed by atoms with Crippen LogP contribution in [0, 0.1) is 0 Å². The molecule has 0 aromatic carbocycles. The zero-order valence-electron chi connectivity index (χ0n) is 18.0. The number of primary amides is 1. The Hall–Kier alpha value is -2.42. The third-order valence-corrected chi connectivity index (χ3v) is 4.84. The molecule has 0 aliphatic carbocycles. The molecular weight excluding hydrogens is 444 g/mol. The van der Waals surface area contributed by atoms with Crippen molar-refractivity contribution < 1.29 is 34.2 Å². The summed E-state index contributed by atoms with van der Waals surface area (Å²) in [4.78, 5) is 59.4. The monoisotopic (exact) mass is 478 g/mol. The summed E-state index contributed by atoms with van der Waals surface area (Å²) < 4.78 is 0. The van der Waals surface area contributed by atoms with Gasteiger partial charge in [0.25, 0.3) is 0 Å². The van der Waals surface area contributed by atoms with Crippen molar-refractivity contribution in [3.05, 3.63) is 0 Å². The molecule has 0 aromatic rings. The summed E-state index contributed by atoms with van der Waals surface area (Å²) in [6.45, 7) is 1.68. The minimum absolute atomic E-state index is 0.127. The van der Waals surface area contributed by atoms with Gasteiger partial charge in [0.1, 0.15) is 18.1 Å². The molecule has 0 saturated heterocycles. The van der Waals surface area contributed by atoms with E-state index in [2.05, 4.69) is 28.6 Å². The minimum Gasteiger partial charge on any atom is -0.480 e. The number of carboxylic acid groups (broad SMARTS) is 1. The van der Waals surface area contributed by atoms with Crippen molar-refractivity contribution >= 4 is 42.2 Å². The SMILES string of the molecule is CC(O)C(NC(=O)C(CS)NC(=O)C(N)CCCCN)C(=O)NC(CCC(N)=O)C(=O)O. The van der Waals surface area contributed by atoms with Gasteiger partial charge in [0.2, 0.25) is 23.6 Å². The highest BCUT2D eigenvalue weighted by Crippen LogP contribution is 2.03. The van der Waals surface area contributed by atoms with Crippen LogP contribution in [0.3, 0.4) is 0 Å². The summed E-state index contributed by atoms with van der Waals surface area (Å²) >= 11 is 4.02. The molecule has 0 heterocycles. The number of aliphatic carboxylic acids is 1. The molecule has 0 radical (unpaired) electrons. The van der Waals surface area contributed by atoms with Gasteiger partial charge in [-0.05, 0) is 32.7 Å². The van der Waals surface area contributed by atoms with Gasteiger partial charge in [-0.3, -0.25) is 19.2 Å². The first-order chi connectivity index (χ1) is 14.9. The number of nitrogens with one attached hydrogen (secondary N) is 3. The Kier molecular flexibility index (Phi) is 14.2. The van der Waals surface area contributed by atoms with Gasteiger partial charge in [-0.25, -0.2) is 4.79 Å². The Balaban J connectivity index is 5.09. The first-order valence-corrected chi connectivity index (χ1v) is 10.7. The first kappa shape index (κ1) is 29.6. The van der Waals surface area contributed by atoms with Gasteiger partial charge in [-0.15, -0.1) is 0 Å². The quantitative estimate of drug-likeness (QED) is 0.0790. The molecule has 5 atom stereocenters. The summed E-state index contributed by atoms with van der Waals surface area (Å²) in [5.74, 6) is -4.71. The molecule has 5 unspecified atom stereocenters. The summed E-state index contributed by atoms with van der Waals surface area (Å²) in [7, 11) is 0. The van der Waals surface area contributed by atoms with Crippen molar-refractivity contribution in [1.82, 2.24) is 16.0 Å². The maximum atomic E-state index is 12.5. The van der Waals surface area contributed by atoms with E-state index in [4.69, 9.17) is 17.2 Å². The standard InChI is InChI=1S/C18H34N6O7S/c1-9(25)14(17(29)22-11(18(30)31)5-6-13(21)26)24-16(28)12(8-32)23-15(27)10(20)4-2-3-7-19/h9-12,14,25,32H,2-8,19-20H2,1H3,(H2,21,26)(H,22,29)(H,23,27)(H,24,28)(H,30,31). The predicted molar refractivity (Wildman–Crippen MR) is 118 cm³/mol. The van der Waals surface area contributed by atoms with E-state index in [0.29, 0.717) is 25.8 Å². The summed E-state index contributed by atoms with van der Waals surface area (Å²) in [5, 5.41) is 25.9. The normalized spacial score (nSPS) is 15.5. The zero-order chi connectivity index (χ0) is 24.8. The average Bonchev–Trinajstić information content (AvgIpc) is 2.71. The van der Waals surface area contributed by atoms with E-state index >= 15 is 0 Å². The minimum atomic E-state index is -1.53. The molecule has 184 valence electrons. The molecule has 0 aromatic heterocycles. The van der Waals surface area contributed by atoms with Crippen LogP contribution in [0.2, 0.25) is 0 Å². The van der Waals surface area contributed by atoms with E-state index in [1.165, 1.54) is 6.92 Å². The van der Waals surface area contributed by atoms with Crippen molar-refractivity contribution in [2.45, 2.75) is 69.3 Å². The van der Waals surface area contributed by atoms with Crippen LogP contribution < -0.4 is 33.2 Å². The largest absolute Gasteiger partial charge is 0.480 e. The van der Waals surface area contributed by atoms with Gasteiger partial charge in [0, 0.05) is 12.2 Å². The number of hydrogen-bond donors (Lipinski definition) is 9. The molecule has 0 saturated carbocycles. The van der Waals surface area contributed by atoms with Crippen molar-refractivity contribution in [3.8, 4) is 0 Å². The number of carbonyl (C=O) groups is 5. The van der Waals surface area contributed by atoms with Crippen LogP contribution in [0.1, 0.15) is 39.0 Å². The fourth-order valence-corrected chi connectivity index (χ4v) is 2.83. The number of aliphatic hydroxyl groups is 1. The van der Waals surface area contributed by atoms with Crippen LogP contribution in [-0.4, -0.2) is 82.4 Å². The van der Waals surface area contributed by atoms with Crippen molar-refractivity contribution in [3.63, 3.8) is 0 Å². The molecule has 13 nitrogen and oxygen atoms in total. The molecule has 0 spiro atoms. The van der Waals surface area contributed by atoms with Gasteiger partial charge >= 0.3 is 5.97 Å². The molecule has 4 amide bonds. The average molecular weight is 479 g/mol. The first-order valence-electron chi connectivity index (χ1n) is 10.1. The van der Waals surface area contributed by atoms with Gasteiger partial charge in [0.05, 0.1) is 12.1 Å². The smallest absolute Gasteiger partial charge is 0.326 e. The Morgan fingerprint density at radius 3 is 2.00 bits per heavy atom. The van der Waals surface area contributed by atoms with Crippen LogP contribution in [0.15, 0.2) is 0 Å². The molecule has 0 aliphatic heterocycles. The number of unbranched alkanes of at least 4 members (excludes halogenated alkanes) is 1. The van der Waals surface area contributed by atoms with Crippen LogP contribution >= 0.6 is 12.6 Å². The highest BCUT2D eigenvalue weighted by atomic mass is 32.1. The Bertz CT molecular complexity index is 664. The number of hydrogen-bond acceptors (Lipinski definition) is 9. The number of carbonyl (C=O) groups excluding carboxylic acids is 4. The fraction of sp³-hybridized carbons (Fsp3) is 0.722. The molecule has 32 heavy (non-hydrogen) atoms. The van der Waals surface area contributed by atoms with Crippen LogP contribution in [-0.2, 0) is 24.0 Å². The number of carboxylic acids is 1. The van der Waals surface area contributed by atoms with Crippen molar-refractivity contribution in [2.24, 2.45) is 17.2 Å². The number of thiol groups is 1. The van der Waals surface area contributed by atoms with E-state index in [9.17, 15) is 34.2 Å². The van der Waals surface area contributed by atoms with E-state index in [-0.39, 0.29) is 18.6 Å². The summed E-state index contributed by atoms with van der Waals surface area (Å²) in [5.41, 5.74) is 16.2. The second-order valence-electron chi connectivity index (χ2n) is 7.27. The summed E-state index contributed by atoms with van der Waals surface area (Å²) in [6.07, 6.45) is -0.270. The molecule has 11 N–H and O–H groups in total. The summed E-state index contributed by atoms with van der Waals surface area (Å²) in [6, 6.07) is -5.02. The number of rotatable bonds is 16. The van der Waals surface area contributed by atoms with Crippen molar-refractivity contribution in [2.75, 3.05) is 12.3 Å². The van der Waals surface area contributed by atoms with Gasteiger partial charge in [0.15, 0.2) is 0 Å². The second kappa shape index (κ2) is 15.4. The van der Waals surface area contributed by atoms with Gasteiger partial charge < -0.3 is 43.4 Å². The molecular formula is C18H34N6O7S. The topological polar surface area (TPSA) is 240 Å². The number of amides is 4. The maximum Gasteiger partial charge on any atom is 0.326 e. The third kappa shape index (κ3) is 11.3. The number of aliphatic hydroxyl groups excluding tert-OH is 1. The third-order valence-electron chi connectivity index (χ3n) is 4.48. The lowest BCUT2D eigenvalue weighted by Gasteiger charge is -2.26. The highest BCUT2D eigenvalue weighted by molar-refractivity contribution is 7.80. The Labute approximate surface area is 191 Å².